The van der Waals surface area contributed by atoms with Gasteiger partial charge in [-0.1, -0.05) is 17.7 Å². The second-order valence-corrected chi connectivity index (χ2v) is 9.73. The van der Waals surface area contributed by atoms with Crippen molar-refractivity contribution in [3.8, 4) is 0 Å². The molecule has 1 atom stereocenters. The standard InChI is InChI=1S/C19H27NO4S/c1-15-2-6-18(7-3-15)25(21,22)20-13-19(14-20)17(9-11-24-19)8-10-23-12-16-4-5-16/h2-3,6-7,16-17H,4-5,8-14H2,1H3. The SMILES string of the molecule is Cc1ccc(S(=O)(=O)N2CC3(C2)OCCC3CCOCC2CC2)cc1. The Morgan fingerprint density at radius 3 is 2.60 bits per heavy atom. The van der Waals surface area contributed by atoms with Gasteiger partial charge >= 0.3 is 0 Å². The molecule has 138 valence electrons. The predicted octanol–water partition coefficient (Wildman–Crippen LogP) is 2.59. The second-order valence-electron chi connectivity index (χ2n) is 7.79. The van der Waals surface area contributed by atoms with Gasteiger partial charge in [-0.25, -0.2) is 8.42 Å². The van der Waals surface area contributed by atoms with E-state index in [0.717, 1.165) is 44.1 Å². The first-order valence-corrected chi connectivity index (χ1v) is 10.7. The van der Waals surface area contributed by atoms with Gasteiger partial charge in [0.15, 0.2) is 0 Å². The first-order valence-electron chi connectivity index (χ1n) is 9.28. The average molecular weight is 365 g/mol. The minimum Gasteiger partial charge on any atom is -0.381 e. The first kappa shape index (κ1) is 17.5. The lowest BCUT2D eigenvalue weighted by molar-refractivity contribution is -0.105. The molecule has 2 saturated heterocycles. The van der Waals surface area contributed by atoms with Crippen molar-refractivity contribution < 1.29 is 17.9 Å². The zero-order chi connectivity index (χ0) is 17.5. The van der Waals surface area contributed by atoms with Crippen molar-refractivity contribution in [1.82, 2.24) is 4.31 Å². The average Bonchev–Trinajstić information content (AvgIpc) is 3.27. The molecule has 25 heavy (non-hydrogen) atoms. The number of aryl methyl sites for hydroxylation is 1. The minimum absolute atomic E-state index is 0.291. The molecule has 1 saturated carbocycles. The maximum absolute atomic E-state index is 12.8. The predicted molar refractivity (Wildman–Crippen MR) is 94.9 cm³/mol. The molecule has 0 N–H and O–H groups in total. The molecular formula is C19H27NO4S. The molecule has 5 nitrogen and oxygen atoms in total. The number of nitrogens with zero attached hydrogens (tertiary/aromatic N) is 1. The van der Waals surface area contributed by atoms with E-state index >= 15 is 0 Å². The molecule has 3 fully saturated rings. The Labute approximate surface area is 150 Å². The Hall–Kier alpha value is -0.950. The lowest BCUT2D eigenvalue weighted by Crippen LogP contribution is -2.65. The Balaban J connectivity index is 1.34. The third-order valence-electron chi connectivity index (χ3n) is 5.81. The van der Waals surface area contributed by atoms with E-state index in [1.54, 1.807) is 16.4 Å². The van der Waals surface area contributed by atoms with Crippen LogP contribution in [-0.2, 0) is 19.5 Å². The minimum atomic E-state index is -3.41. The second kappa shape index (κ2) is 6.65. The summed E-state index contributed by atoms with van der Waals surface area (Å²) in [5.41, 5.74) is 0.769. The van der Waals surface area contributed by atoms with E-state index in [-0.39, 0.29) is 5.60 Å². The summed E-state index contributed by atoms with van der Waals surface area (Å²) in [4.78, 5) is 0.371. The first-order chi connectivity index (χ1) is 12.0. The molecule has 1 aliphatic carbocycles. The monoisotopic (exact) mass is 365 g/mol. The number of sulfonamides is 1. The van der Waals surface area contributed by atoms with Gasteiger partial charge in [0, 0.05) is 32.9 Å². The molecule has 2 heterocycles. The highest BCUT2D eigenvalue weighted by molar-refractivity contribution is 7.89. The largest absolute Gasteiger partial charge is 0.381 e. The molecule has 0 bridgehead atoms. The Morgan fingerprint density at radius 1 is 1.20 bits per heavy atom. The fourth-order valence-corrected chi connectivity index (χ4v) is 5.44. The summed E-state index contributed by atoms with van der Waals surface area (Å²) in [6, 6.07) is 7.06. The molecular weight excluding hydrogens is 338 g/mol. The van der Waals surface area contributed by atoms with E-state index in [1.165, 1.54) is 12.8 Å². The van der Waals surface area contributed by atoms with Gasteiger partial charge in [0.2, 0.25) is 10.0 Å². The van der Waals surface area contributed by atoms with E-state index in [1.807, 2.05) is 19.1 Å². The summed E-state index contributed by atoms with van der Waals surface area (Å²) in [6.07, 6.45) is 4.58. The summed E-state index contributed by atoms with van der Waals surface area (Å²) in [6.45, 7) is 5.27. The summed E-state index contributed by atoms with van der Waals surface area (Å²) in [7, 11) is -3.41. The Bertz CT molecular complexity index is 705. The van der Waals surface area contributed by atoms with E-state index in [4.69, 9.17) is 9.47 Å². The number of hydrogen-bond donors (Lipinski definition) is 0. The van der Waals surface area contributed by atoms with Crippen molar-refractivity contribution in [2.24, 2.45) is 11.8 Å². The third-order valence-corrected chi connectivity index (χ3v) is 7.61. The van der Waals surface area contributed by atoms with Crippen LogP contribution in [0.2, 0.25) is 0 Å². The van der Waals surface area contributed by atoms with E-state index < -0.39 is 10.0 Å². The van der Waals surface area contributed by atoms with Gasteiger partial charge in [-0.2, -0.15) is 4.31 Å². The highest BCUT2D eigenvalue weighted by atomic mass is 32.2. The van der Waals surface area contributed by atoms with Gasteiger partial charge in [-0.3, -0.25) is 0 Å². The maximum Gasteiger partial charge on any atom is 0.243 e. The molecule has 0 radical (unpaired) electrons. The fourth-order valence-electron chi connectivity index (χ4n) is 3.88. The molecule has 6 heteroatoms. The Kier molecular flexibility index (Phi) is 4.65. The number of ether oxygens (including phenoxy) is 2. The van der Waals surface area contributed by atoms with Gasteiger partial charge in [0.25, 0.3) is 0 Å². The quantitative estimate of drug-likeness (QED) is 0.697. The normalized spacial score (nSPS) is 26.0. The van der Waals surface area contributed by atoms with Crippen LogP contribution in [0.4, 0.5) is 0 Å². The van der Waals surface area contributed by atoms with Crippen molar-refractivity contribution in [3.05, 3.63) is 29.8 Å². The molecule has 1 unspecified atom stereocenters. The summed E-state index contributed by atoms with van der Waals surface area (Å²) < 4.78 is 38.8. The maximum atomic E-state index is 12.8. The van der Waals surface area contributed by atoms with Gasteiger partial charge < -0.3 is 9.47 Å². The third kappa shape index (κ3) is 3.50. The van der Waals surface area contributed by atoms with Crippen LogP contribution in [0.5, 0.6) is 0 Å². The van der Waals surface area contributed by atoms with Crippen molar-refractivity contribution >= 4 is 10.0 Å². The van der Waals surface area contributed by atoms with Crippen LogP contribution in [0.25, 0.3) is 0 Å². The zero-order valence-corrected chi connectivity index (χ0v) is 15.6. The molecule has 1 aromatic carbocycles. The summed E-state index contributed by atoms with van der Waals surface area (Å²) in [5, 5.41) is 0. The van der Waals surface area contributed by atoms with Crippen molar-refractivity contribution in [3.63, 3.8) is 0 Å². The lowest BCUT2D eigenvalue weighted by Gasteiger charge is -2.49. The van der Waals surface area contributed by atoms with E-state index in [0.29, 0.717) is 23.9 Å². The number of hydrogen-bond acceptors (Lipinski definition) is 4. The smallest absolute Gasteiger partial charge is 0.243 e. The van der Waals surface area contributed by atoms with Crippen molar-refractivity contribution in [2.45, 2.75) is 43.1 Å². The van der Waals surface area contributed by atoms with Crippen molar-refractivity contribution in [1.29, 1.82) is 0 Å². The van der Waals surface area contributed by atoms with Crippen molar-refractivity contribution in [2.75, 3.05) is 32.9 Å². The van der Waals surface area contributed by atoms with E-state index in [9.17, 15) is 8.42 Å². The molecule has 4 rings (SSSR count). The molecule has 1 aromatic rings. The van der Waals surface area contributed by atoms with Gasteiger partial charge in [-0.05, 0) is 56.6 Å². The van der Waals surface area contributed by atoms with Gasteiger partial charge in [0.05, 0.1) is 10.5 Å². The summed E-state index contributed by atoms with van der Waals surface area (Å²) in [5.74, 6) is 1.18. The number of benzene rings is 1. The van der Waals surface area contributed by atoms with Gasteiger partial charge in [0.1, 0.15) is 0 Å². The zero-order valence-electron chi connectivity index (χ0n) is 14.8. The summed E-state index contributed by atoms with van der Waals surface area (Å²) >= 11 is 0. The van der Waals surface area contributed by atoms with E-state index in [2.05, 4.69) is 0 Å². The van der Waals surface area contributed by atoms with Crippen LogP contribution < -0.4 is 0 Å². The van der Waals surface area contributed by atoms with Crippen LogP contribution >= 0.6 is 0 Å². The topological polar surface area (TPSA) is 55.8 Å². The lowest BCUT2D eigenvalue weighted by atomic mass is 9.80. The fraction of sp³-hybridized carbons (Fsp3) is 0.684. The molecule has 3 aliphatic rings. The molecule has 0 aromatic heterocycles. The highest BCUT2D eigenvalue weighted by Gasteiger charge is 2.56. The van der Waals surface area contributed by atoms with Crippen LogP contribution in [0, 0.1) is 18.8 Å². The molecule has 1 spiro atoms. The van der Waals surface area contributed by atoms with Crippen LogP contribution in [0.3, 0.4) is 0 Å². The Morgan fingerprint density at radius 2 is 1.92 bits per heavy atom. The van der Waals surface area contributed by atoms with Crippen LogP contribution in [-0.4, -0.2) is 51.2 Å². The van der Waals surface area contributed by atoms with Crippen LogP contribution in [0.1, 0.15) is 31.2 Å². The number of rotatable bonds is 7. The molecule has 2 aliphatic heterocycles. The van der Waals surface area contributed by atoms with Crippen LogP contribution in [0.15, 0.2) is 29.2 Å². The van der Waals surface area contributed by atoms with Gasteiger partial charge in [-0.15, -0.1) is 0 Å². The highest BCUT2D eigenvalue weighted by Crippen LogP contribution is 2.43. The molecule has 0 amide bonds.